The first-order chi connectivity index (χ1) is 12.6. The van der Waals surface area contributed by atoms with Gasteiger partial charge in [0.25, 0.3) is 0 Å². The van der Waals surface area contributed by atoms with Crippen LogP contribution in [0.2, 0.25) is 5.02 Å². The second-order valence-electron chi connectivity index (χ2n) is 6.14. The maximum Gasteiger partial charge on any atom is 0.235 e. The van der Waals surface area contributed by atoms with Crippen molar-refractivity contribution in [3.05, 3.63) is 59.6 Å². The van der Waals surface area contributed by atoms with Gasteiger partial charge in [0.1, 0.15) is 0 Å². The van der Waals surface area contributed by atoms with Gasteiger partial charge >= 0.3 is 0 Å². The van der Waals surface area contributed by atoms with E-state index in [1.165, 1.54) is 11.8 Å². The lowest BCUT2D eigenvalue weighted by atomic mass is 10.2. The predicted molar refractivity (Wildman–Crippen MR) is 104 cm³/mol. The largest absolute Gasteiger partial charge is 0.345 e. The third kappa shape index (κ3) is 3.22. The van der Waals surface area contributed by atoms with Crippen LogP contribution in [0, 0.1) is 0 Å². The highest BCUT2D eigenvalue weighted by Crippen LogP contribution is 2.33. The van der Waals surface area contributed by atoms with Gasteiger partial charge in [0.15, 0.2) is 11.0 Å². The van der Waals surface area contributed by atoms with Crippen molar-refractivity contribution in [1.82, 2.24) is 19.7 Å². The van der Waals surface area contributed by atoms with Gasteiger partial charge in [-0.2, -0.15) is 0 Å². The second-order valence-corrected chi connectivity index (χ2v) is 7.75. The third-order valence-electron chi connectivity index (χ3n) is 4.38. The Labute approximate surface area is 161 Å². The Morgan fingerprint density at radius 1 is 1.08 bits per heavy atom. The standard InChI is InChI=1S/C19H17ClN4OS/c1-23-12-11-16(18(23)25)26-19-22-21-17(13-7-9-14(20)10-8-13)24(19)15-5-3-2-4-6-15/h2-10,16H,11-12H2,1H3. The third-order valence-corrected chi connectivity index (χ3v) is 5.83. The number of carbonyl (C=O) groups is 1. The fraction of sp³-hybridized carbons (Fsp3) is 0.211. The molecule has 0 saturated carbocycles. The van der Waals surface area contributed by atoms with E-state index in [4.69, 9.17) is 11.6 Å². The molecule has 3 aromatic rings. The first kappa shape index (κ1) is 17.1. The highest BCUT2D eigenvalue weighted by atomic mass is 35.5. The zero-order valence-corrected chi connectivity index (χ0v) is 15.7. The van der Waals surface area contributed by atoms with Crippen LogP contribution in [0.3, 0.4) is 0 Å². The predicted octanol–water partition coefficient (Wildman–Crippen LogP) is 3.91. The van der Waals surface area contributed by atoms with Crippen LogP contribution in [0.25, 0.3) is 17.1 Å². The lowest BCUT2D eigenvalue weighted by Gasteiger charge is -2.13. The topological polar surface area (TPSA) is 51.0 Å². The summed E-state index contributed by atoms with van der Waals surface area (Å²) in [5.74, 6) is 0.875. The molecule has 5 nitrogen and oxygen atoms in total. The SMILES string of the molecule is CN1CCC(Sc2nnc(-c3ccc(Cl)cc3)n2-c2ccccc2)C1=O. The smallest absolute Gasteiger partial charge is 0.235 e. The highest BCUT2D eigenvalue weighted by Gasteiger charge is 2.32. The van der Waals surface area contributed by atoms with Gasteiger partial charge in [-0.3, -0.25) is 9.36 Å². The molecule has 2 aromatic carbocycles. The molecule has 26 heavy (non-hydrogen) atoms. The first-order valence-corrected chi connectivity index (χ1v) is 9.57. The fourth-order valence-corrected chi connectivity index (χ4v) is 4.24. The van der Waals surface area contributed by atoms with Crippen molar-refractivity contribution in [3.63, 3.8) is 0 Å². The van der Waals surface area contributed by atoms with Gasteiger partial charge < -0.3 is 4.90 Å². The maximum absolute atomic E-state index is 12.3. The van der Waals surface area contributed by atoms with E-state index in [9.17, 15) is 4.79 Å². The Balaban J connectivity index is 1.77. The van der Waals surface area contributed by atoms with Gasteiger partial charge in [0.05, 0.1) is 5.25 Å². The minimum absolute atomic E-state index is 0.121. The molecule has 132 valence electrons. The Hall–Kier alpha value is -2.31. The van der Waals surface area contributed by atoms with Gasteiger partial charge in [-0.15, -0.1) is 10.2 Å². The minimum atomic E-state index is -0.121. The van der Waals surface area contributed by atoms with Gasteiger partial charge in [-0.1, -0.05) is 41.6 Å². The molecule has 1 aliphatic rings. The van der Waals surface area contributed by atoms with Crippen LogP contribution in [0.4, 0.5) is 0 Å². The molecule has 2 heterocycles. The molecule has 1 aliphatic heterocycles. The lowest BCUT2D eigenvalue weighted by Crippen LogP contribution is -2.24. The van der Waals surface area contributed by atoms with E-state index in [1.807, 2.05) is 66.2 Å². The normalized spacial score (nSPS) is 17.1. The zero-order valence-electron chi connectivity index (χ0n) is 14.2. The van der Waals surface area contributed by atoms with E-state index in [1.54, 1.807) is 4.90 Å². The number of likely N-dealkylation sites (tertiary alicyclic amines) is 1. The van der Waals surface area contributed by atoms with Crippen molar-refractivity contribution in [1.29, 1.82) is 0 Å². The molecule has 1 atom stereocenters. The number of rotatable bonds is 4. The Morgan fingerprint density at radius 3 is 2.46 bits per heavy atom. The molecule has 0 aliphatic carbocycles. The van der Waals surface area contributed by atoms with Crippen molar-refractivity contribution in [2.75, 3.05) is 13.6 Å². The first-order valence-electron chi connectivity index (χ1n) is 8.32. The number of nitrogens with zero attached hydrogens (tertiary/aromatic N) is 4. The number of hydrogen-bond acceptors (Lipinski definition) is 4. The summed E-state index contributed by atoms with van der Waals surface area (Å²) in [6.45, 7) is 0.778. The van der Waals surface area contributed by atoms with Gasteiger partial charge in [0.2, 0.25) is 5.91 Å². The number of benzene rings is 2. The number of amides is 1. The van der Waals surface area contributed by atoms with E-state index in [0.717, 1.165) is 35.2 Å². The summed E-state index contributed by atoms with van der Waals surface area (Å²) in [4.78, 5) is 14.1. The van der Waals surface area contributed by atoms with Crippen molar-refractivity contribution < 1.29 is 4.79 Å². The van der Waals surface area contributed by atoms with Gasteiger partial charge in [-0.05, 0) is 42.8 Å². The van der Waals surface area contributed by atoms with Crippen LogP contribution in [-0.4, -0.2) is 44.4 Å². The molecule has 4 rings (SSSR count). The Bertz CT molecular complexity index is 926. The summed E-state index contributed by atoms with van der Waals surface area (Å²) in [7, 11) is 1.84. The van der Waals surface area contributed by atoms with Gasteiger partial charge in [-0.25, -0.2) is 0 Å². The summed E-state index contributed by atoms with van der Waals surface area (Å²) >= 11 is 7.49. The van der Waals surface area contributed by atoms with Crippen LogP contribution >= 0.6 is 23.4 Å². The quantitative estimate of drug-likeness (QED) is 0.684. The van der Waals surface area contributed by atoms with Crippen molar-refractivity contribution in [2.45, 2.75) is 16.8 Å². The molecule has 7 heteroatoms. The maximum atomic E-state index is 12.3. The molecule has 1 fully saturated rings. The average Bonchev–Trinajstić information content (AvgIpc) is 3.22. The van der Waals surface area contributed by atoms with Crippen molar-refractivity contribution in [3.8, 4) is 17.1 Å². The van der Waals surface area contributed by atoms with E-state index in [0.29, 0.717) is 5.02 Å². The van der Waals surface area contributed by atoms with Gasteiger partial charge in [0, 0.05) is 29.9 Å². The molecule has 1 amide bonds. The zero-order chi connectivity index (χ0) is 18.1. The fourth-order valence-electron chi connectivity index (χ4n) is 2.97. The van der Waals surface area contributed by atoms with E-state index >= 15 is 0 Å². The molecule has 1 saturated heterocycles. The summed E-state index contributed by atoms with van der Waals surface area (Å²) in [5.41, 5.74) is 1.89. The number of halogens is 1. The number of thioether (sulfide) groups is 1. The Kier molecular flexibility index (Phi) is 4.70. The second kappa shape index (κ2) is 7.13. The van der Waals surface area contributed by atoms with Crippen LogP contribution in [0.15, 0.2) is 59.8 Å². The molecule has 1 unspecified atom stereocenters. The number of hydrogen-bond donors (Lipinski definition) is 0. The lowest BCUT2D eigenvalue weighted by molar-refractivity contribution is -0.126. The van der Waals surface area contributed by atoms with Crippen molar-refractivity contribution >= 4 is 29.3 Å². The summed E-state index contributed by atoms with van der Waals surface area (Å²) < 4.78 is 2.00. The molecule has 0 N–H and O–H groups in total. The number of aromatic nitrogens is 3. The van der Waals surface area contributed by atoms with E-state index in [2.05, 4.69) is 10.2 Å². The molecular formula is C19H17ClN4OS. The van der Waals surface area contributed by atoms with Crippen LogP contribution in [-0.2, 0) is 4.79 Å². The number of para-hydroxylation sites is 1. The van der Waals surface area contributed by atoms with Crippen LogP contribution < -0.4 is 0 Å². The van der Waals surface area contributed by atoms with E-state index < -0.39 is 0 Å². The average molecular weight is 385 g/mol. The summed E-state index contributed by atoms with van der Waals surface area (Å²) in [6.07, 6.45) is 0.817. The number of carbonyl (C=O) groups excluding carboxylic acids is 1. The summed E-state index contributed by atoms with van der Waals surface area (Å²) in [6, 6.07) is 17.5. The van der Waals surface area contributed by atoms with Crippen molar-refractivity contribution in [2.24, 2.45) is 0 Å². The molecular weight excluding hydrogens is 368 g/mol. The molecule has 0 bridgehead atoms. The van der Waals surface area contributed by atoms with Crippen LogP contribution in [0.1, 0.15) is 6.42 Å². The molecule has 0 spiro atoms. The Morgan fingerprint density at radius 2 is 1.81 bits per heavy atom. The highest BCUT2D eigenvalue weighted by molar-refractivity contribution is 8.00. The monoisotopic (exact) mass is 384 g/mol. The molecule has 1 aromatic heterocycles. The van der Waals surface area contributed by atoms with Crippen LogP contribution in [0.5, 0.6) is 0 Å². The summed E-state index contributed by atoms with van der Waals surface area (Å²) in [5, 5.41) is 10.1. The van der Waals surface area contributed by atoms with E-state index in [-0.39, 0.29) is 11.2 Å². The minimum Gasteiger partial charge on any atom is -0.345 e. The molecule has 0 radical (unpaired) electrons.